The first-order chi connectivity index (χ1) is 12.9. The fourth-order valence-corrected chi connectivity index (χ4v) is 1.77. The minimum absolute atomic E-state index is 0.0324. The largest absolute Gasteiger partial charge is 0.335 e. The number of carbonyl (C=O) groups is 5. The third-order valence-corrected chi connectivity index (χ3v) is 3.35. The van der Waals surface area contributed by atoms with Gasteiger partial charge in [-0.25, -0.2) is 4.79 Å². The van der Waals surface area contributed by atoms with Crippen molar-refractivity contribution in [2.75, 3.05) is 0 Å². The van der Waals surface area contributed by atoms with Crippen LogP contribution in [0.3, 0.4) is 0 Å². The average molecular weight is 392 g/mol. The molecule has 28 heavy (non-hydrogen) atoms. The molecule has 0 saturated carbocycles. The Morgan fingerprint density at radius 2 is 1.36 bits per heavy atom. The highest BCUT2D eigenvalue weighted by atomic mass is 16.7. The van der Waals surface area contributed by atoms with E-state index in [0.29, 0.717) is 11.0 Å². The Labute approximate surface area is 165 Å². The summed E-state index contributed by atoms with van der Waals surface area (Å²) in [6, 6.07) is -0.0324. The number of hydrogen-bond acceptors (Lipinski definition) is 6. The summed E-state index contributed by atoms with van der Waals surface area (Å²) in [5.74, 6) is 0.720. The highest BCUT2D eigenvalue weighted by Gasteiger charge is 2.33. The maximum Gasteiger partial charge on any atom is 0.335 e. The van der Waals surface area contributed by atoms with Crippen LogP contribution in [0.1, 0.15) is 54.4 Å². The predicted molar refractivity (Wildman–Crippen MR) is 102 cm³/mol. The van der Waals surface area contributed by atoms with Crippen LogP contribution in [-0.2, 0) is 28.8 Å². The number of hydroxylamine groups is 2. The molecule has 8 heteroatoms. The van der Waals surface area contributed by atoms with Crippen LogP contribution >= 0.6 is 0 Å². The molecule has 0 bridgehead atoms. The van der Waals surface area contributed by atoms with Crippen LogP contribution in [0.5, 0.6) is 0 Å². The van der Waals surface area contributed by atoms with Crippen molar-refractivity contribution in [3.63, 3.8) is 0 Å². The monoisotopic (exact) mass is 392 g/mol. The van der Waals surface area contributed by atoms with E-state index in [1.54, 1.807) is 13.8 Å². The molecule has 0 aliphatic carbocycles. The van der Waals surface area contributed by atoms with Gasteiger partial charge in [0, 0.05) is 37.0 Å². The average Bonchev–Trinajstić information content (AvgIpc) is 3.11. The number of carbonyl (C=O) groups excluding carboxylic acids is 5. The van der Waals surface area contributed by atoms with E-state index in [-0.39, 0.29) is 36.6 Å². The fraction of sp³-hybridized carbons (Fsp3) is 0.550. The lowest BCUT2D eigenvalue weighted by atomic mass is 10.2. The Kier molecular flexibility index (Phi) is 10.5. The number of rotatable bonds is 3. The van der Waals surface area contributed by atoms with Gasteiger partial charge in [0.25, 0.3) is 23.6 Å². The van der Waals surface area contributed by atoms with Crippen LogP contribution in [0.2, 0.25) is 0 Å². The number of imide groups is 2. The first-order valence-electron chi connectivity index (χ1n) is 9.01. The van der Waals surface area contributed by atoms with E-state index >= 15 is 0 Å². The second-order valence-corrected chi connectivity index (χ2v) is 6.94. The molecule has 0 atom stereocenters. The van der Waals surface area contributed by atoms with E-state index in [1.807, 2.05) is 27.7 Å². The van der Waals surface area contributed by atoms with E-state index in [0.717, 1.165) is 0 Å². The summed E-state index contributed by atoms with van der Waals surface area (Å²) in [7, 11) is 0. The Hall–Kier alpha value is -2.95. The normalized spacial score (nSPS) is 15.6. The molecular weight excluding hydrogens is 364 g/mol. The first kappa shape index (κ1) is 25.1. The molecule has 1 saturated heterocycles. The van der Waals surface area contributed by atoms with Gasteiger partial charge in [0.2, 0.25) is 0 Å². The van der Waals surface area contributed by atoms with Crippen LogP contribution in [0, 0.1) is 24.2 Å². The van der Waals surface area contributed by atoms with Crippen LogP contribution in [0.25, 0.3) is 0 Å². The molecule has 0 N–H and O–H groups in total. The van der Waals surface area contributed by atoms with Gasteiger partial charge in [0.05, 0.1) is 5.92 Å². The molecule has 4 amide bonds. The van der Waals surface area contributed by atoms with E-state index in [4.69, 9.17) is 6.42 Å². The topological polar surface area (TPSA) is 101 Å². The maximum absolute atomic E-state index is 11.0. The second-order valence-electron chi connectivity index (χ2n) is 6.94. The third kappa shape index (κ3) is 8.16. The number of nitrogens with zero attached hydrogens (tertiary/aromatic N) is 2. The molecule has 0 aromatic heterocycles. The molecule has 154 valence electrons. The highest BCUT2D eigenvalue weighted by Crippen LogP contribution is 2.13. The summed E-state index contributed by atoms with van der Waals surface area (Å²) in [6.07, 6.45) is 7.77. The zero-order chi connectivity index (χ0) is 22.0. The summed E-state index contributed by atoms with van der Waals surface area (Å²) in [4.78, 5) is 60.5. The Bertz CT molecular complexity index is 651. The van der Waals surface area contributed by atoms with E-state index in [9.17, 15) is 24.0 Å². The second kappa shape index (κ2) is 11.7. The van der Waals surface area contributed by atoms with Gasteiger partial charge in [-0.15, -0.1) is 17.4 Å². The minimum atomic E-state index is -0.566. The Morgan fingerprint density at radius 3 is 1.61 bits per heavy atom. The number of hydrogen-bond donors (Lipinski definition) is 0. The zero-order valence-electron chi connectivity index (χ0n) is 17.2. The summed E-state index contributed by atoms with van der Waals surface area (Å²) < 4.78 is 0. The number of terminal acetylenes is 1. The molecular formula is C20H28N2O6. The first-order valence-corrected chi connectivity index (χ1v) is 9.01. The lowest BCUT2D eigenvalue weighted by Gasteiger charge is -2.17. The van der Waals surface area contributed by atoms with Crippen molar-refractivity contribution in [1.29, 1.82) is 0 Å². The lowest BCUT2D eigenvalue weighted by Crippen LogP contribution is -2.36. The van der Waals surface area contributed by atoms with Crippen LogP contribution in [0.4, 0.5) is 0 Å². The van der Waals surface area contributed by atoms with Gasteiger partial charge in [-0.2, -0.15) is 0 Å². The fourth-order valence-electron chi connectivity index (χ4n) is 1.77. The van der Waals surface area contributed by atoms with Crippen LogP contribution in [0.15, 0.2) is 12.2 Å². The SMILES string of the molecule is C#CC(C)C.CC(C)C(=O)ON1C(=O)CCC1=O.CC(C)N1C(=O)C=CC1=O. The highest BCUT2D eigenvalue weighted by molar-refractivity contribution is 6.13. The van der Waals surface area contributed by atoms with Gasteiger partial charge in [-0.1, -0.05) is 27.7 Å². The summed E-state index contributed by atoms with van der Waals surface area (Å²) in [6.45, 7) is 10.9. The molecule has 1 fully saturated rings. The Balaban J connectivity index is 0.000000431. The predicted octanol–water partition coefficient (Wildman–Crippen LogP) is 1.84. The lowest BCUT2D eigenvalue weighted by molar-refractivity contribution is -0.199. The van der Waals surface area contributed by atoms with E-state index in [2.05, 4.69) is 10.8 Å². The molecule has 0 spiro atoms. The van der Waals surface area contributed by atoms with Gasteiger partial charge in [-0.05, 0) is 13.8 Å². The standard InChI is InChI=1S/C8H11NO4.C7H9NO2.C5H8/c1-5(2)8(12)13-9-6(10)3-4-7(9)11;1-5(2)8-6(9)3-4-7(8)10;1-4-5(2)3/h5H,3-4H2,1-2H3;3-5H,1-2H3;1,5H,2-3H3. The summed E-state index contributed by atoms with van der Waals surface area (Å²) >= 11 is 0. The van der Waals surface area contributed by atoms with Crippen LogP contribution < -0.4 is 0 Å². The van der Waals surface area contributed by atoms with Gasteiger partial charge >= 0.3 is 5.97 Å². The molecule has 0 aromatic carbocycles. The maximum atomic E-state index is 11.0. The van der Waals surface area contributed by atoms with Crippen molar-refractivity contribution in [2.24, 2.45) is 11.8 Å². The van der Waals surface area contributed by atoms with E-state index < -0.39 is 17.8 Å². The minimum Gasteiger partial charge on any atom is -0.330 e. The molecule has 2 rings (SSSR count). The van der Waals surface area contributed by atoms with Crippen molar-refractivity contribution in [3.05, 3.63) is 12.2 Å². The molecule has 0 radical (unpaired) electrons. The summed E-state index contributed by atoms with van der Waals surface area (Å²) in [5, 5.41) is 0.558. The van der Waals surface area contributed by atoms with Crippen molar-refractivity contribution in [1.82, 2.24) is 9.96 Å². The third-order valence-electron chi connectivity index (χ3n) is 3.35. The van der Waals surface area contributed by atoms with Gasteiger partial charge in [0.15, 0.2) is 0 Å². The molecule has 8 nitrogen and oxygen atoms in total. The van der Waals surface area contributed by atoms with Gasteiger partial charge < -0.3 is 4.84 Å². The van der Waals surface area contributed by atoms with Gasteiger partial charge in [0.1, 0.15) is 0 Å². The van der Waals surface area contributed by atoms with Crippen molar-refractivity contribution < 1.29 is 28.8 Å². The number of amides is 4. The molecule has 0 aromatic rings. The summed E-state index contributed by atoms with van der Waals surface area (Å²) in [5.41, 5.74) is 0. The smallest absolute Gasteiger partial charge is 0.330 e. The van der Waals surface area contributed by atoms with Crippen LogP contribution in [-0.4, -0.2) is 45.6 Å². The molecule has 2 aliphatic rings. The zero-order valence-corrected chi connectivity index (χ0v) is 17.2. The Morgan fingerprint density at radius 1 is 0.964 bits per heavy atom. The van der Waals surface area contributed by atoms with Gasteiger partial charge in [-0.3, -0.25) is 24.1 Å². The van der Waals surface area contributed by atoms with Crippen molar-refractivity contribution >= 4 is 29.6 Å². The molecule has 2 heterocycles. The van der Waals surface area contributed by atoms with Crippen molar-refractivity contribution in [2.45, 2.75) is 60.4 Å². The van der Waals surface area contributed by atoms with Crippen molar-refractivity contribution in [3.8, 4) is 12.3 Å². The quantitative estimate of drug-likeness (QED) is 0.537. The van der Waals surface area contributed by atoms with E-state index in [1.165, 1.54) is 17.1 Å². The molecule has 0 unspecified atom stereocenters. The molecule has 2 aliphatic heterocycles.